The molecule has 4 fully saturated rings. The van der Waals surface area contributed by atoms with Gasteiger partial charge in [-0.2, -0.15) is 9.97 Å². The monoisotopic (exact) mass is 803 g/mol. The number of aromatic nitrogens is 2. The first kappa shape index (κ1) is 40.5. The number of rotatable bonds is 15. The molecule has 4 aliphatic heterocycles. The summed E-state index contributed by atoms with van der Waals surface area (Å²) in [5.74, 6) is -0.0695. The third-order valence-corrected chi connectivity index (χ3v) is 13.5. The Bertz CT molecular complexity index is 1970. The van der Waals surface area contributed by atoms with Crippen molar-refractivity contribution in [2.24, 2.45) is 0 Å². The lowest BCUT2D eigenvalue weighted by Gasteiger charge is -2.41. The quantitative estimate of drug-likeness (QED) is 0.0907. The Morgan fingerprint density at radius 1 is 0.948 bits per heavy atom. The Morgan fingerprint density at radius 3 is 2.52 bits per heavy atom. The molecule has 314 valence electrons. The summed E-state index contributed by atoms with van der Waals surface area (Å²) in [6.45, 7) is 6.17. The average molecular weight is 804 g/mol. The highest BCUT2D eigenvalue weighted by atomic mass is 19.1. The fourth-order valence-corrected chi connectivity index (χ4v) is 10.6. The van der Waals surface area contributed by atoms with Gasteiger partial charge < -0.3 is 24.2 Å². The maximum atomic E-state index is 17.2. The molecule has 0 radical (unpaired) electrons. The predicted molar refractivity (Wildman–Crippen MR) is 217 cm³/mol. The van der Waals surface area contributed by atoms with E-state index in [1.165, 1.54) is 25.7 Å². The number of ether oxygens (including phenoxy) is 3. The zero-order valence-electron chi connectivity index (χ0n) is 34.2. The molecule has 11 nitrogen and oxygen atoms in total. The Kier molecular flexibility index (Phi) is 12.2. The van der Waals surface area contributed by atoms with Crippen molar-refractivity contribution in [3.8, 4) is 22.9 Å². The number of fused-ring (bicyclic) bond motifs is 5. The van der Waals surface area contributed by atoms with Gasteiger partial charge in [-0.25, -0.2) is 13.6 Å². The van der Waals surface area contributed by atoms with Gasteiger partial charge in [0.25, 0.3) is 0 Å². The smallest absolute Gasteiger partial charge is 0.413 e. The number of halogens is 2. The molecule has 0 saturated carbocycles. The van der Waals surface area contributed by atoms with Crippen molar-refractivity contribution in [1.82, 2.24) is 19.8 Å². The number of aromatic hydroxyl groups is 1. The topological polar surface area (TPSA) is 118 Å². The molecule has 2 aromatic carbocycles. The van der Waals surface area contributed by atoms with Crippen LogP contribution in [0.2, 0.25) is 0 Å². The van der Waals surface area contributed by atoms with E-state index in [0.29, 0.717) is 54.8 Å². The number of esters is 1. The number of alkyl halides is 1. The van der Waals surface area contributed by atoms with Crippen LogP contribution in [0.25, 0.3) is 22.0 Å². The molecule has 3 aromatic rings. The highest BCUT2D eigenvalue weighted by Crippen LogP contribution is 2.45. The summed E-state index contributed by atoms with van der Waals surface area (Å²) >= 11 is 0. The van der Waals surface area contributed by atoms with E-state index in [0.717, 1.165) is 81.9 Å². The van der Waals surface area contributed by atoms with Crippen LogP contribution >= 0.6 is 0 Å². The summed E-state index contributed by atoms with van der Waals surface area (Å²) in [6, 6.07) is 6.69. The Morgan fingerprint density at radius 2 is 1.72 bits per heavy atom. The average Bonchev–Trinajstić information content (AvgIpc) is 3.82. The number of aryl methyl sites for hydroxylation is 1. The first-order chi connectivity index (χ1) is 28.1. The van der Waals surface area contributed by atoms with Crippen molar-refractivity contribution in [2.45, 2.75) is 146 Å². The lowest BCUT2D eigenvalue weighted by Crippen LogP contribution is -2.56. The van der Waals surface area contributed by atoms with Crippen molar-refractivity contribution in [3.63, 3.8) is 0 Å². The van der Waals surface area contributed by atoms with E-state index in [1.807, 2.05) is 6.07 Å². The number of carbonyl (C=O) groups excluding carboxylic acids is 2. The van der Waals surface area contributed by atoms with E-state index in [9.17, 15) is 19.1 Å². The minimum absolute atomic E-state index is 0.0286. The largest absolute Gasteiger partial charge is 0.508 e. The van der Waals surface area contributed by atoms with Crippen LogP contribution < -0.4 is 9.64 Å². The summed E-state index contributed by atoms with van der Waals surface area (Å²) in [5.41, 5.74) is 2.79. The van der Waals surface area contributed by atoms with E-state index >= 15 is 4.39 Å². The first-order valence-corrected chi connectivity index (χ1v) is 21.9. The van der Waals surface area contributed by atoms with Crippen LogP contribution in [0.5, 0.6) is 11.8 Å². The number of unbranched alkanes of at least 4 members (excludes halogenated alkanes) is 6. The van der Waals surface area contributed by atoms with Gasteiger partial charge in [-0.1, -0.05) is 58.4 Å². The minimum Gasteiger partial charge on any atom is -0.508 e. The number of hydrogen-bond donors (Lipinski definition) is 1. The second kappa shape index (κ2) is 17.5. The van der Waals surface area contributed by atoms with Crippen LogP contribution in [0.15, 0.2) is 24.3 Å². The normalized spacial score (nSPS) is 25.2. The summed E-state index contributed by atoms with van der Waals surface area (Å²) in [7, 11) is 0. The van der Waals surface area contributed by atoms with Gasteiger partial charge in [0.2, 0.25) is 6.79 Å². The summed E-state index contributed by atoms with van der Waals surface area (Å²) in [6.07, 6.45) is 13.0. The zero-order valence-corrected chi connectivity index (χ0v) is 34.2. The fourth-order valence-electron chi connectivity index (χ4n) is 10.6. The van der Waals surface area contributed by atoms with Crippen LogP contribution in [0.1, 0.15) is 127 Å². The van der Waals surface area contributed by atoms with Gasteiger partial charge in [0.05, 0.1) is 17.6 Å². The number of phenols is 1. The molecule has 1 aromatic heterocycles. The molecule has 4 saturated heterocycles. The lowest BCUT2D eigenvalue weighted by atomic mass is 9.79. The second-order valence-corrected chi connectivity index (χ2v) is 17.5. The summed E-state index contributed by atoms with van der Waals surface area (Å²) in [5, 5.41) is 11.3. The maximum Gasteiger partial charge on any atom is 0.413 e. The number of nitrogens with zero attached hydrogens (tertiary/aromatic N) is 5. The van der Waals surface area contributed by atoms with E-state index in [2.05, 4.69) is 23.6 Å². The van der Waals surface area contributed by atoms with Crippen molar-refractivity contribution in [1.29, 1.82) is 0 Å². The van der Waals surface area contributed by atoms with Crippen LogP contribution in [-0.2, 0) is 20.7 Å². The molecule has 0 spiro atoms. The number of amides is 1. The number of benzene rings is 2. The van der Waals surface area contributed by atoms with Crippen LogP contribution in [-0.4, -0.2) is 100 Å². The Labute approximate surface area is 340 Å². The van der Waals surface area contributed by atoms with Gasteiger partial charge in [0.1, 0.15) is 29.9 Å². The molecule has 13 heteroatoms. The lowest BCUT2D eigenvalue weighted by molar-refractivity contribution is -0.152. The maximum absolute atomic E-state index is 17.2. The van der Waals surface area contributed by atoms with Gasteiger partial charge >= 0.3 is 18.1 Å². The molecule has 1 aliphatic carbocycles. The predicted octanol–water partition coefficient (Wildman–Crippen LogP) is 8.97. The Hall–Kier alpha value is -4.26. The molecule has 5 heterocycles. The van der Waals surface area contributed by atoms with Crippen LogP contribution in [0, 0.1) is 5.82 Å². The minimum atomic E-state index is -0.923. The molecular weight excluding hydrogens is 745 g/mol. The van der Waals surface area contributed by atoms with Crippen LogP contribution in [0.4, 0.5) is 19.4 Å². The number of anilines is 1. The first-order valence-electron chi connectivity index (χ1n) is 21.9. The molecular formula is C45H59F2N5O6. The third kappa shape index (κ3) is 8.29. The number of phenolic OH excluding ortho intramolecular Hbond substituents is 1. The number of hydrogen-bond acceptors (Lipinski definition) is 10. The molecule has 5 atom stereocenters. The van der Waals surface area contributed by atoms with Crippen LogP contribution in [0.3, 0.4) is 0 Å². The molecule has 1 N–H and O–H groups in total. The Balaban J connectivity index is 1.01. The van der Waals surface area contributed by atoms with E-state index in [1.54, 1.807) is 23.1 Å². The summed E-state index contributed by atoms with van der Waals surface area (Å²) in [4.78, 5) is 41.3. The molecule has 8 rings (SSSR count). The van der Waals surface area contributed by atoms with E-state index < -0.39 is 30.4 Å². The standard InChI is InChI=1S/C45H59F2N5O6/c1-3-4-5-6-7-8-9-14-38(54)57-28-58-44(55)52-32-15-16-33(52)26-50(25-32)42-36-18-17-35(37-22-34(53)21-30-13-10-12-29(2)39(30)37)40(47)41(36)48-43(49-42)56-27-45-19-11-20-51(45)24-31(46)23-45/h17-18,21-22,29,31-33,53H,3-16,19-20,23-28H2,1-2H3/t29?,31-,32-,33+,45+/m1/s1. The van der Waals surface area contributed by atoms with E-state index in [-0.39, 0.29) is 47.9 Å². The van der Waals surface area contributed by atoms with Crippen molar-refractivity contribution >= 4 is 28.8 Å². The molecule has 58 heavy (non-hydrogen) atoms. The van der Waals surface area contributed by atoms with Gasteiger partial charge in [-0.15, -0.1) is 0 Å². The van der Waals surface area contributed by atoms with Crippen molar-refractivity contribution in [3.05, 3.63) is 41.2 Å². The number of piperazine rings is 1. The molecule has 2 bridgehead atoms. The molecule has 1 amide bonds. The third-order valence-electron chi connectivity index (χ3n) is 13.5. The summed E-state index contributed by atoms with van der Waals surface area (Å²) < 4.78 is 48.9. The highest BCUT2D eigenvalue weighted by Gasteiger charge is 2.50. The van der Waals surface area contributed by atoms with Gasteiger partial charge in [0, 0.05) is 43.4 Å². The molecule has 5 aliphatic rings. The SMILES string of the molecule is CCCCCCCCCC(=O)OCOC(=O)N1[C@@H]2CC[C@H]1CN(c1nc(OC[C@@]34CCCN3C[C@H](F)C4)nc3c(F)c(-c4cc(O)cc5c4C(C)CCC5)ccc13)C2. The highest BCUT2D eigenvalue weighted by molar-refractivity contribution is 5.94. The zero-order chi connectivity index (χ0) is 40.4. The number of carbonyl (C=O) groups is 2. The second-order valence-electron chi connectivity index (χ2n) is 17.5. The fraction of sp³-hybridized carbons (Fsp3) is 0.644. The van der Waals surface area contributed by atoms with Gasteiger partial charge in [0.15, 0.2) is 5.82 Å². The van der Waals surface area contributed by atoms with Gasteiger partial charge in [-0.05, 0) is 98.7 Å². The van der Waals surface area contributed by atoms with E-state index in [4.69, 9.17) is 24.2 Å². The van der Waals surface area contributed by atoms with Gasteiger partial charge in [-0.3, -0.25) is 14.6 Å². The molecule has 1 unspecified atom stereocenters. The van der Waals surface area contributed by atoms with Crippen molar-refractivity contribution in [2.75, 3.05) is 44.5 Å². The van der Waals surface area contributed by atoms with Crippen molar-refractivity contribution < 1.29 is 37.7 Å².